The predicted molar refractivity (Wildman–Crippen MR) is 139 cm³/mol. The van der Waals surface area contributed by atoms with Crippen LogP contribution in [0.2, 0.25) is 0 Å². The van der Waals surface area contributed by atoms with Crippen LogP contribution in [0, 0.1) is 0 Å². The molecule has 2 aliphatic heterocycles. The number of amides is 1. The number of carbonyl (C=O) groups is 2. The summed E-state index contributed by atoms with van der Waals surface area (Å²) in [6.07, 6.45) is -13.9. The minimum atomic E-state index is -1.58. The molecule has 0 bridgehead atoms. The average Bonchev–Trinajstić information content (AvgIpc) is 2.91. The van der Waals surface area contributed by atoms with Crippen LogP contribution in [0.5, 0.6) is 0 Å². The van der Waals surface area contributed by atoms with Gasteiger partial charge in [-0.15, -0.1) is 0 Å². The van der Waals surface area contributed by atoms with Gasteiger partial charge in [0.25, 0.3) is 5.91 Å². The first-order valence-corrected chi connectivity index (χ1v) is 14.0. The van der Waals surface area contributed by atoms with E-state index in [0.29, 0.717) is 12.8 Å². The van der Waals surface area contributed by atoms with Gasteiger partial charge in [-0.1, -0.05) is 0 Å². The van der Waals surface area contributed by atoms with E-state index in [1.54, 1.807) is 34.6 Å². The lowest BCUT2D eigenvalue weighted by Crippen LogP contribution is -2.63. The van der Waals surface area contributed by atoms with Crippen LogP contribution in [0.4, 0.5) is 0 Å². The van der Waals surface area contributed by atoms with Crippen molar-refractivity contribution < 1.29 is 68.3 Å². The fourth-order valence-electron chi connectivity index (χ4n) is 4.37. The highest BCUT2D eigenvalue weighted by Gasteiger charge is 2.51. The first-order chi connectivity index (χ1) is 19.4. The first kappa shape index (κ1) is 35.7. The zero-order valence-corrected chi connectivity index (χ0v) is 24.3. The zero-order chi connectivity index (χ0) is 30.7. The van der Waals surface area contributed by atoms with E-state index >= 15 is 0 Å². The third kappa shape index (κ3) is 10.3. The van der Waals surface area contributed by atoms with Crippen LogP contribution in [0.25, 0.3) is 0 Å². The van der Waals surface area contributed by atoms with Crippen molar-refractivity contribution in [2.24, 2.45) is 0 Å². The van der Waals surface area contributed by atoms with Gasteiger partial charge in [0.2, 0.25) is 0 Å². The molecule has 0 aliphatic carbocycles. The molecule has 1 amide bonds. The lowest BCUT2D eigenvalue weighted by molar-refractivity contribution is -0.315. The van der Waals surface area contributed by atoms with Crippen molar-refractivity contribution in [2.45, 2.75) is 121 Å². The van der Waals surface area contributed by atoms with Gasteiger partial charge in [0.15, 0.2) is 24.8 Å². The molecule has 2 heterocycles. The van der Waals surface area contributed by atoms with Gasteiger partial charge in [0, 0.05) is 13.2 Å². The fraction of sp³-hybridized carbons (Fsp3) is 0.923. The molecule has 0 radical (unpaired) electrons. The second-order valence-electron chi connectivity index (χ2n) is 10.3. The molecule has 0 spiro atoms. The maximum atomic E-state index is 12.8. The fourth-order valence-corrected chi connectivity index (χ4v) is 4.37. The second-order valence-corrected chi connectivity index (χ2v) is 10.3. The highest BCUT2D eigenvalue weighted by atomic mass is 16.7. The lowest BCUT2D eigenvalue weighted by Gasteiger charge is -2.42. The average molecular weight is 598 g/mol. The highest BCUT2D eigenvalue weighted by Crippen LogP contribution is 2.28. The zero-order valence-electron chi connectivity index (χ0n) is 24.3. The molecule has 2 fully saturated rings. The standard InChI is InChI=1S/C26H47NO14/c1-6-35-24(34)22-19(15(29)18(32)26(41-22)39-14(4)5)36-11-12-37-25-17(31)16(30)20(38-13(2)3)21(40-25)23(33)27-9-7-8-10-28/h13-22,25-26,28-32H,6-12H2,1-5H3,(H,27,33)/t15-,16-,17+,18+,19+,20+,21?,22?,25-,26-/m1/s1. The van der Waals surface area contributed by atoms with E-state index in [-0.39, 0.29) is 39.1 Å². The molecule has 6 N–H and O–H groups in total. The molecule has 2 saturated heterocycles. The SMILES string of the molecule is CCOC(=O)C1O[C@@H](OC(C)C)[C@@H](O)[C@@H](O)[C@@H]1OCCO[C@@H]1OC(C(=O)NCCCCO)[C@@H](OC(C)C)[C@H](O)[C@@H]1O. The number of carbonyl (C=O) groups excluding carboxylic acids is 2. The van der Waals surface area contributed by atoms with Gasteiger partial charge in [-0.3, -0.25) is 4.79 Å². The Hall–Kier alpha value is -1.50. The van der Waals surface area contributed by atoms with Gasteiger partial charge in [-0.05, 0) is 47.5 Å². The molecule has 0 aromatic rings. The topological polar surface area (TPSA) is 212 Å². The molecule has 0 aromatic heterocycles. The first-order valence-electron chi connectivity index (χ1n) is 14.0. The number of hydrogen-bond donors (Lipinski definition) is 6. The number of nitrogens with one attached hydrogen (secondary N) is 1. The summed E-state index contributed by atoms with van der Waals surface area (Å²) in [5.74, 6) is -1.41. The molecule has 2 unspecified atom stereocenters. The van der Waals surface area contributed by atoms with Gasteiger partial charge < -0.3 is 64.0 Å². The number of ether oxygens (including phenoxy) is 7. The highest BCUT2D eigenvalue weighted by molar-refractivity contribution is 5.81. The molecule has 2 rings (SSSR count). The summed E-state index contributed by atoms with van der Waals surface area (Å²) < 4.78 is 38.6. The Morgan fingerprint density at radius 2 is 1.37 bits per heavy atom. The monoisotopic (exact) mass is 597 g/mol. The van der Waals surface area contributed by atoms with Gasteiger partial charge in [0.1, 0.15) is 36.6 Å². The third-order valence-electron chi connectivity index (χ3n) is 6.26. The Bertz CT molecular complexity index is 785. The Kier molecular flexibility index (Phi) is 15.3. The quantitative estimate of drug-likeness (QED) is 0.0836. The van der Waals surface area contributed by atoms with Crippen molar-refractivity contribution in [1.29, 1.82) is 0 Å². The molecule has 15 nitrogen and oxygen atoms in total. The van der Waals surface area contributed by atoms with Gasteiger partial charge in [-0.2, -0.15) is 0 Å². The van der Waals surface area contributed by atoms with Crippen molar-refractivity contribution in [3.8, 4) is 0 Å². The van der Waals surface area contributed by atoms with Crippen LogP contribution in [-0.2, 0) is 42.7 Å². The van der Waals surface area contributed by atoms with E-state index in [1.807, 2.05) is 0 Å². The van der Waals surface area contributed by atoms with Crippen LogP contribution in [-0.4, -0.2) is 144 Å². The van der Waals surface area contributed by atoms with Crippen molar-refractivity contribution in [1.82, 2.24) is 5.32 Å². The Balaban J connectivity index is 2.03. The van der Waals surface area contributed by atoms with Crippen LogP contribution < -0.4 is 5.32 Å². The summed E-state index contributed by atoms with van der Waals surface area (Å²) in [6.45, 7) is 8.15. The van der Waals surface area contributed by atoms with Gasteiger partial charge >= 0.3 is 5.97 Å². The molecular formula is C26H47NO14. The Labute approximate surface area is 239 Å². The molecule has 2 aliphatic rings. The summed E-state index contributed by atoms with van der Waals surface area (Å²) in [5.41, 5.74) is 0. The molecule has 240 valence electrons. The molecule has 0 aromatic carbocycles. The largest absolute Gasteiger partial charge is 0.464 e. The summed E-state index contributed by atoms with van der Waals surface area (Å²) in [6, 6.07) is 0. The number of rotatable bonds is 16. The Morgan fingerprint density at radius 3 is 1.98 bits per heavy atom. The molecule has 15 heteroatoms. The number of aliphatic hydroxyl groups is 5. The number of unbranched alkanes of at least 4 members (excludes halogenated alkanes) is 1. The summed E-state index contributed by atoms with van der Waals surface area (Å²) in [4.78, 5) is 25.3. The van der Waals surface area contributed by atoms with Gasteiger partial charge in [-0.25, -0.2) is 4.79 Å². The number of esters is 1. The van der Waals surface area contributed by atoms with E-state index in [0.717, 1.165) is 0 Å². The maximum absolute atomic E-state index is 12.8. The van der Waals surface area contributed by atoms with Crippen molar-refractivity contribution in [2.75, 3.05) is 33.0 Å². The number of hydrogen-bond acceptors (Lipinski definition) is 14. The smallest absolute Gasteiger partial charge is 0.338 e. The second kappa shape index (κ2) is 17.6. The van der Waals surface area contributed by atoms with E-state index in [1.165, 1.54) is 0 Å². The summed E-state index contributed by atoms with van der Waals surface area (Å²) in [5, 5.41) is 54.1. The normalized spacial score (nSPS) is 34.1. The molecule has 0 saturated carbocycles. The van der Waals surface area contributed by atoms with Crippen molar-refractivity contribution in [3.05, 3.63) is 0 Å². The minimum absolute atomic E-state index is 0.0203. The van der Waals surface area contributed by atoms with E-state index < -0.39 is 79.4 Å². The van der Waals surface area contributed by atoms with E-state index in [2.05, 4.69) is 5.32 Å². The van der Waals surface area contributed by atoms with Crippen LogP contribution in [0.3, 0.4) is 0 Å². The predicted octanol–water partition coefficient (Wildman–Crippen LogP) is -2.05. The van der Waals surface area contributed by atoms with Crippen molar-refractivity contribution in [3.63, 3.8) is 0 Å². The van der Waals surface area contributed by atoms with Gasteiger partial charge in [0.05, 0.1) is 32.0 Å². The molecule has 41 heavy (non-hydrogen) atoms. The van der Waals surface area contributed by atoms with Crippen LogP contribution in [0.1, 0.15) is 47.5 Å². The van der Waals surface area contributed by atoms with Crippen LogP contribution in [0.15, 0.2) is 0 Å². The molecule has 10 atom stereocenters. The van der Waals surface area contributed by atoms with E-state index in [9.17, 15) is 30.0 Å². The van der Waals surface area contributed by atoms with E-state index in [4.69, 9.17) is 38.3 Å². The molecular weight excluding hydrogens is 550 g/mol. The van der Waals surface area contributed by atoms with Crippen molar-refractivity contribution >= 4 is 11.9 Å². The lowest BCUT2D eigenvalue weighted by atomic mass is 9.97. The maximum Gasteiger partial charge on any atom is 0.338 e. The number of aliphatic hydroxyl groups excluding tert-OH is 5. The summed E-state index contributed by atoms with van der Waals surface area (Å²) in [7, 11) is 0. The third-order valence-corrected chi connectivity index (χ3v) is 6.26. The Morgan fingerprint density at radius 1 is 0.780 bits per heavy atom. The minimum Gasteiger partial charge on any atom is -0.464 e. The summed E-state index contributed by atoms with van der Waals surface area (Å²) >= 11 is 0. The van der Waals surface area contributed by atoms with Crippen LogP contribution >= 0.6 is 0 Å².